The van der Waals surface area contributed by atoms with Gasteiger partial charge in [0.1, 0.15) is 0 Å². The van der Waals surface area contributed by atoms with Crippen molar-refractivity contribution in [1.82, 2.24) is 9.78 Å². The molecule has 68 valence electrons. The molecule has 0 bridgehead atoms. The number of nitrogens with zero attached hydrogens (tertiary/aromatic N) is 3. The van der Waals surface area contributed by atoms with Gasteiger partial charge in [0.2, 0.25) is 0 Å². The van der Waals surface area contributed by atoms with E-state index >= 15 is 0 Å². The van der Waals surface area contributed by atoms with Crippen molar-refractivity contribution in [3.05, 3.63) is 30.2 Å². The van der Waals surface area contributed by atoms with Crippen LogP contribution in [-0.2, 0) is 0 Å². The van der Waals surface area contributed by atoms with Gasteiger partial charge in [0, 0.05) is 18.6 Å². The molecule has 0 amide bonds. The fourth-order valence-electron chi connectivity index (χ4n) is 1.01. The van der Waals surface area contributed by atoms with Gasteiger partial charge in [0.15, 0.2) is 0 Å². The summed E-state index contributed by atoms with van der Waals surface area (Å²) in [5, 5.41) is 4.11. The van der Waals surface area contributed by atoms with Crippen LogP contribution in [0.4, 0.5) is 0 Å². The summed E-state index contributed by atoms with van der Waals surface area (Å²) in [6, 6.07) is 0. The lowest BCUT2D eigenvalue weighted by Crippen LogP contribution is -1.90. The molecule has 13 heavy (non-hydrogen) atoms. The minimum atomic E-state index is 1.01. The first-order valence-corrected chi connectivity index (χ1v) is 4.10. The van der Waals surface area contributed by atoms with Crippen LogP contribution in [-0.4, -0.2) is 16.0 Å². The number of aromatic nitrogens is 2. The number of hydrogen-bond donors (Lipinski definition) is 0. The van der Waals surface area contributed by atoms with E-state index in [0.717, 1.165) is 11.3 Å². The molecule has 1 rings (SSSR count). The Morgan fingerprint density at radius 2 is 2.38 bits per heavy atom. The largest absolute Gasteiger partial charge is 0.269 e. The highest BCUT2D eigenvalue weighted by atomic mass is 15.3. The summed E-state index contributed by atoms with van der Waals surface area (Å²) in [5.41, 5.74) is 2.13. The van der Waals surface area contributed by atoms with Crippen LogP contribution >= 0.6 is 0 Å². The molecule has 0 aliphatic rings. The molecule has 0 spiro atoms. The zero-order valence-electron chi connectivity index (χ0n) is 7.94. The lowest BCUT2D eigenvalue weighted by Gasteiger charge is -1.95. The second kappa shape index (κ2) is 4.40. The van der Waals surface area contributed by atoms with E-state index in [9.17, 15) is 0 Å². The van der Waals surface area contributed by atoms with E-state index in [0.29, 0.717) is 0 Å². The summed E-state index contributed by atoms with van der Waals surface area (Å²) in [4.78, 5) is 3.98. The fourth-order valence-corrected chi connectivity index (χ4v) is 1.01. The third-order valence-corrected chi connectivity index (χ3v) is 1.67. The fraction of sp³-hybridized carbons (Fsp3) is 0.200. The Labute approximate surface area is 78.1 Å². The molecule has 0 atom stereocenters. The number of aryl methyl sites for hydroxylation is 1. The average molecular weight is 175 g/mol. The van der Waals surface area contributed by atoms with Crippen LogP contribution in [0.5, 0.6) is 0 Å². The molecular formula is C10H13N3. The average Bonchev–Trinajstić information content (AvgIpc) is 2.48. The maximum atomic E-state index is 4.11. The smallest absolute Gasteiger partial charge is 0.0705 e. The van der Waals surface area contributed by atoms with E-state index in [1.54, 1.807) is 29.5 Å². The Hall–Kier alpha value is -1.64. The van der Waals surface area contributed by atoms with E-state index in [2.05, 4.69) is 16.7 Å². The molecule has 1 heterocycles. The molecule has 1 aromatic heterocycles. The highest BCUT2D eigenvalue weighted by Gasteiger charge is 1.99. The lowest BCUT2D eigenvalue weighted by molar-refractivity contribution is 0.925. The molecule has 0 aliphatic carbocycles. The van der Waals surface area contributed by atoms with Crippen molar-refractivity contribution in [1.29, 1.82) is 0 Å². The third-order valence-electron chi connectivity index (χ3n) is 1.67. The van der Waals surface area contributed by atoms with Gasteiger partial charge < -0.3 is 0 Å². The van der Waals surface area contributed by atoms with Gasteiger partial charge in [-0.2, -0.15) is 5.10 Å². The van der Waals surface area contributed by atoms with Gasteiger partial charge in [-0.25, -0.2) is 4.68 Å². The number of rotatable bonds is 3. The summed E-state index contributed by atoms with van der Waals surface area (Å²) in [5.74, 6) is 0. The Balaban J connectivity index is 2.97. The van der Waals surface area contributed by atoms with E-state index in [1.807, 2.05) is 19.9 Å². The van der Waals surface area contributed by atoms with Crippen molar-refractivity contribution in [2.24, 2.45) is 4.99 Å². The SMILES string of the molecule is C=Cn1ncc(C)c1/C=C\N=CC. The van der Waals surface area contributed by atoms with E-state index in [1.165, 1.54) is 0 Å². The first kappa shape index (κ1) is 9.45. The zero-order chi connectivity index (χ0) is 9.68. The Bertz CT molecular complexity index is 345. The molecule has 1 aromatic rings. The zero-order valence-corrected chi connectivity index (χ0v) is 7.94. The van der Waals surface area contributed by atoms with Gasteiger partial charge in [0.05, 0.1) is 11.9 Å². The van der Waals surface area contributed by atoms with Crippen LogP contribution in [0.15, 0.2) is 24.0 Å². The van der Waals surface area contributed by atoms with Gasteiger partial charge in [-0.05, 0) is 25.5 Å². The van der Waals surface area contributed by atoms with Crippen LogP contribution in [0.3, 0.4) is 0 Å². The monoisotopic (exact) mass is 175 g/mol. The minimum Gasteiger partial charge on any atom is -0.269 e. The Morgan fingerprint density at radius 3 is 3.00 bits per heavy atom. The first-order valence-electron chi connectivity index (χ1n) is 4.10. The van der Waals surface area contributed by atoms with Gasteiger partial charge in [-0.15, -0.1) is 0 Å². The topological polar surface area (TPSA) is 30.2 Å². The normalized spacial score (nSPS) is 11.5. The molecule has 0 radical (unpaired) electrons. The van der Waals surface area contributed by atoms with Gasteiger partial charge >= 0.3 is 0 Å². The van der Waals surface area contributed by atoms with Gasteiger partial charge in [0.25, 0.3) is 0 Å². The molecule has 3 heteroatoms. The van der Waals surface area contributed by atoms with Crippen LogP contribution in [0.25, 0.3) is 12.3 Å². The minimum absolute atomic E-state index is 1.01. The summed E-state index contributed by atoms with van der Waals surface area (Å²) >= 11 is 0. The lowest BCUT2D eigenvalue weighted by atomic mass is 10.3. The van der Waals surface area contributed by atoms with Crippen LogP contribution < -0.4 is 0 Å². The molecule has 0 N–H and O–H groups in total. The molecule has 0 saturated heterocycles. The molecule has 0 saturated carbocycles. The first-order chi connectivity index (χ1) is 6.29. The number of aliphatic imine (C=N–C) groups is 1. The van der Waals surface area contributed by atoms with E-state index < -0.39 is 0 Å². The van der Waals surface area contributed by atoms with Crippen LogP contribution in [0.2, 0.25) is 0 Å². The molecule has 3 nitrogen and oxygen atoms in total. The standard InChI is InChI=1S/C10H13N3/c1-4-11-7-6-10-9(3)8-12-13(10)5-2/h4-8H,2H2,1,3H3/b7-6-,11-4?. The predicted molar refractivity (Wildman–Crippen MR) is 56.6 cm³/mol. The van der Waals surface area contributed by atoms with Crippen molar-refractivity contribution in [3.63, 3.8) is 0 Å². The number of hydrogen-bond acceptors (Lipinski definition) is 2. The summed E-state index contributed by atoms with van der Waals surface area (Å²) in [6.45, 7) is 7.54. The van der Waals surface area contributed by atoms with Gasteiger partial charge in [-0.3, -0.25) is 4.99 Å². The molecular weight excluding hydrogens is 162 g/mol. The quantitative estimate of drug-likeness (QED) is 0.648. The van der Waals surface area contributed by atoms with Crippen LogP contribution in [0.1, 0.15) is 18.2 Å². The molecule has 0 aromatic carbocycles. The highest BCUT2D eigenvalue weighted by molar-refractivity contribution is 5.58. The second-order valence-electron chi connectivity index (χ2n) is 2.56. The predicted octanol–water partition coefficient (Wildman–Crippen LogP) is 2.35. The van der Waals surface area contributed by atoms with Crippen molar-refractivity contribution in [2.75, 3.05) is 0 Å². The van der Waals surface area contributed by atoms with Crippen molar-refractivity contribution in [2.45, 2.75) is 13.8 Å². The Kier molecular flexibility index (Phi) is 3.20. The van der Waals surface area contributed by atoms with E-state index in [-0.39, 0.29) is 0 Å². The summed E-state index contributed by atoms with van der Waals surface area (Å²) in [6.07, 6.45) is 8.85. The highest BCUT2D eigenvalue weighted by Crippen LogP contribution is 2.09. The Morgan fingerprint density at radius 1 is 1.62 bits per heavy atom. The van der Waals surface area contributed by atoms with E-state index in [4.69, 9.17) is 0 Å². The summed E-state index contributed by atoms with van der Waals surface area (Å²) in [7, 11) is 0. The molecule has 0 fully saturated rings. The van der Waals surface area contributed by atoms with Crippen molar-refractivity contribution < 1.29 is 0 Å². The molecule has 0 unspecified atom stereocenters. The maximum absolute atomic E-state index is 4.11. The van der Waals surface area contributed by atoms with Gasteiger partial charge in [-0.1, -0.05) is 6.58 Å². The van der Waals surface area contributed by atoms with Crippen molar-refractivity contribution >= 4 is 18.5 Å². The third kappa shape index (κ3) is 2.15. The summed E-state index contributed by atoms with van der Waals surface area (Å²) < 4.78 is 1.72. The van der Waals surface area contributed by atoms with Crippen LogP contribution in [0, 0.1) is 6.92 Å². The maximum Gasteiger partial charge on any atom is 0.0705 e. The molecule has 0 aliphatic heterocycles. The second-order valence-corrected chi connectivity index (χ2v) is 2.56. The van der Waals surface area contributed by atoms with Crippen molar-refractivity contribution in [3.8, 4) is 0 Å².